The number of hydrogen-bond acceptors (Lipinski definition) is 5. The Balaban J connectivity index is 2.09. The second-order valence-corrected chi connectivity index (χ2v) is 10.1. The second-order valence-electron chi connectivity index (χ2n) is 8.87. The summed E-state index contributed by atoms with van der Waals surface area (Å²) in [5.41, 5.74) is 9.67. The summed E-state index contributed by atoms with van der Waals surface area (Å²) in [6.07, 6.45) is 16.1. The summed E-state index contributed by atoms with van der Waals surface area (Å²) < 4.78 is 0. The van der Waals surface area contributed by atoms with E-state index in [1.165, 1.54) is 42.8 Å². The zero-order chi connectivity index (χ0) is 24.9. The van der Waals surface area contributed by atoms with Crippen LogP contribution in [0.15, 0.2) is 48.7 Å². The van der Waals surface area contributed by atoms with E-state index in [-0.39, 0.29) is 0 Å². The number of aryl methyl sites for hydroxylation is 3. The molecule has 0 saturated heterocycles. The topological polar surface area (TPSA) is 48.1 Å². The van der Waals surface area contributed by atoms with Gasteiger partial charge in [0.15, 0.2) is 0 Å². The molecule has 0 fully saturated rings. The number of nitrogens with one attached hydrogen (secondary N) is 4. The van der Waals surface area contributed by atoms with Gasteiger partial charge in [-0.15, -0.1) is 11.3 Å². The van der Waals surface area contributed by atoms with E-state index in [9.17, 15) is 0 Å². The van der Waals surface area contributed by atoms with Gasteiger partial charge < -0.3 is 21.3 Å². The van der Waals surface area contributed by atoms with E-state index in [2.05, 4.69) is 84.9 Å². The van der Waals surface area contributed by atoms with Crippen LogP contribution < -0.4 is 21.3 Å². The zero-order valence-corrected chi connectivity index (χ0v) is 22.5. The van der Waals surface area contributed by atoms with Gasteiger partial charge in [0.1, 0.15) is 0 Å². The molecule has 1 aliphatic heterocycles. The average Bonchev–Trinajstić information content (AvgIpc) is 3.02. The van der Waals surface area contributed by atoms with Gasteiger partial charge in [-0.3, -0.25) is 0 Å². The van der Waals surface area contributed by atoms with Crippen molar-refractivity contribution in [2.24, 2.45) is 0 Å². The van der Waals surface area contributed by atoms with Crippen LogP contribution in [0.5, 0.6) is 0 Å². The normalized spacial score (nSPS) is 12.9. The van der Waals surface area contributed by atoms with E-state index in [1.807, 2.05) is 44.8 Å². The van der Waals surface area contributed by atoms with Gasteiger partial charge in [-0.1, -0.05) is 31.6 Å². The number of unbranched alkanes of at least 4 members (excludes halogenated alkanes) is 2. The molecule has 183 valence electrons. The summed E-state index contributed by atoms with van der Waals surface area (Å²) in [7, 11) is 5.97. The highest BCUT2D eigenvalue weighted by Gasteiger charge is 2.24. The quantitative estimate of drug-likeness (QED) is 0.233. The summed E-state index contributed by atoms with van der Waals surface area (Å²) in [4.78, 5) is 2.66. The first-order valence-corrected chi connectivity index (χ1v) is 13.2. The molecule has 0 aliphatic carbocycles. The largest absolute Gasteiger partial charge is 0.388 e. The van der Waals surface area contributed by atoms with Crippen LogP contribution in [0.3, 0.4) is 0 Å². The van der Waals surface area contributed by atoms with Crippen LogP contribution in [0.4, 0.5) is 17.1 Å². The number of benzene rings is 2. The standard InChI is InChI=1S/C30H37N4S/c1-7-8-10-13-21-16-19(2)26(23-14-11-9-12-15-34-23)29-27(21)20(3)35-30(29)28-24(32-5)17-22(31-4)18-25(28)33-6/h8-9,11-12,14-18,31-34H,7,10,13H2,1-6H3. The lowest BCUT2D eigenvalue weighted by Crippen LogP contribution is -2.07. The highest BCUT2D eigenvalue weighted by atomic mass is 32.1. The van der Waals surface area contributed by atoms with Gasteiger partial charge in [0.05, 0.1) is 0 Å². The van der Waals surface area contributed by atoms with Gasteiger partial charge >= 0.3 is 0 Å². The molecule has 35 heavy (non-hydrogen) atoms. The first kappa shape index (κ1) is 24.9. The molecule has 4 rings (SSSR count). The molecule has 5 heteroatoms. The van der Waals surface area contributed by atoms with Crippen LogP contribution in [-0.2, 0) is 6.42 Å². The van der Waals surface area contributed by atoms with E-state index in [0.29, 0.717) is 0 Å². The highest BCUT2D eigenvalue weighted by Crippen LogP contribution is 2.49. The van der Waals surface area contributed by atoms with Gasteiger partial charge in [-0.2, -0.15) is 0 Å². The molecular formula is C30H37N4S. The minimum atomic E-state index is 1.06. The number of anilines is 3. The Morgan fingerprint density at radius 3 is 2.29 bits per heavy atom. The van der Waals surface area contributed by atoms with Gasteiger partial charge in [0.25, 0.3) is 0 Å². The third kappa shape index (κ3) is 4.83. The minimum absolute atomic E-state index is 1.06. The zero-order valence-electron chi connectivity index (χ0n) is 21.7. The lowest BCUT2D eigenvalue weighted by molar-refractivity contribution is 0.882. The van der Waals surface area contributed by atoms with Crippen LogP contribution in [-0.4, -0.2) is 21.1 Å². The molecule has 2 aromatic carbocycles. The molecule has 0 spiro atoms. The highest BCUT2D eigenvalue weighted by molar-refractivity contribution is 7.17. The fourth-order valence-electron chi connectivity index (χ4n) is 4.99. The lowest BCUT2D eigenvalue weighted by Gasteiger charge is -2.20. The maximum Gasteiger partial charge on any atom is 0.0472 e. The smallest absolute Gasteiger partial charge is 0.0472 e. The number of allylic oxidation sites excluding steroid dienone is 4. The Kier molecular flexibility index (Phi) is 7.86. The number of fused-ring (bicyclic) bond motifs is 1. The van der Waals surface area contributed by atoms with Gasteiger partial charge in [0.2, 0.25) is 0 Å². The van der Waals surface area contributed by atoms with Crippen LogP contribution in [0.25, 0.3) is 26.9 Å². The van der Waals surface area contributed by atoms with Crippen molar-refractivity contribution in [1.82, 2.24) is 5.32 Å². The third-order valence-corrected chi connectivity index (χ3v) is 7.75. The van der Waals surface area contributed by atoms with Crippen molar-refractivity contribution in [3.8, 4) is 10.4 Å². The number of thiophene rings is 1. The van der Waals surface area contributed by atoms with E-state index < -0.39 is 0 Å². The predicted molar refractivity (Wildman–Crippen MR) is 158 cm³/mol. The molecule has 2 heterocycles. The first-order chi connectivity index (χ1) is 17.0. The molecule has 0 amide bonds. The predicted octanol–water partition coefficient (Wildman–Crippen LogP) is 7.87. The molecule has 1 aliphatic rings. The molecule has 0 bridgehead atoms. The summed E-state index contributed by atoms with van der Waals surface area (Å²) in [5, 5.41) is 16.5. The molecule has 0 atom stereocenters. The molecular weight excluding hydrogens is 448 g/mol. The maximum absolute atomic E-state index is 3.54. The average molecular weight is 486 g/mol. The van der Waals surface area contributed by atoms with Crippen LogP contribution in [0.1, 0.15) is 41.3 Å². The molecule has 3 aromatic rings. The molecule has 1 aromatic heterocycles. The maximum atomic E-state index is 3.54. The van der Waals surface area contributed by atoms with E-state index in [0.717, 1.165) is 42.0 Å². The summed E-state index contributed by atoms with van der Waals surface area (Å²) in [5.74, 6) is 0. The molecule has 0 unspecified atom stereocenters. The van der Waals surface area contributed by atoms with Crippen molar-refractivity contribution in [3.63, 3.8) is 0 Å². The van der Waals surface area contributed by atoms with Crippen molar-refractivity contribution in [2.75, 3.05) is 37.1 Å². The van der Waals surface area contributed by atoms with Gasteiger partial charge in [-0.25, -0.2) is 0 Å². The first-order valence-electron chi connectivity index (χ1n) is 12.4. The monoisotopic (exact) mass is 485 g/mol. The second kappa shape index (κ2) is 11.0. The van der Waals surface area contributed by atoms with Crippen LogP contribution >= 0.6 is 11.3 Å². The molecule has 4 nitrogen and oxygen atoms in total. The third-order valence-electron chi connectivity index (χ3n) is 6.63. The minimum Gasteiger partial charge on any atom is -0.388 e. The Morgan fingerprint density at radius 1 is 0.886 bits per heavy atom. The number of hydrogen-bond donors (Lipinski definition) is 4. The summed E-state index contributed by atoms with van der Waals surface area (Å²) in [6, 6.07) is 6.80. The van der Waals surface area contributed by atoms with Crippen molar-refractivity contribution in [2.45, 2.75) is 40.0 Å². The van der Waals surface area contributed by atoms with Crippen LogP contribution in [0.2, 0.25) is 0 Å². The van der Waals surface area contributed by atoms with Gasteiger partial charge in [-0.05, 0) is 73.9 Å². The molecule has 4 N–H and O–H groups in total. The van der Waals surface area contributed by atoms with Crippen molar-refractivity contribution in [1.29, 1.82) is 0 Å². The van der Waals surface area contributed by atoms with Crippen molar-refractivity contribution in [3.05, 3.63) is 76.7 Å². The van der Waals surface area contributed by atoms with Crippen LogP contribution in [0, 0.1) is 20.3 Å². The number of rotatable bonds is 9. The van der Waals surface area contributed by atoms with Crippen molar-refractivity contribution >= 4 is 44.9 Å². The van der Waals surface area contributed by atoms with E-state index in [4.69, 9.17) is 0 Å². The van der Waals surface area contributed by atoms with Gasteiger partial charge in [0, 0.05) is 76.4 Å². The van der Waals surface area contributed by atoms with E-state index in [1.54, 1.807) is 0 Å². The summed E-state index contributed by atoms with van der Waals surface area (Å²) in [6.45, 7) is 6.75. The van der Waals surface area contributed by atoms with E-state index >= 15 is 0 Å². The Bertz CT molecular complexity index is 1280. The molecule has 1 radical (unpaired) electrons. The Hall–Kier alpha value is -3.18. The molecule has 0 saturated carbocycles. The fourth-order valence-corrected chi connectivity index (χ4v) is 6.26. The fraction of sp³-hybridized carbons (Fsp3) is 0.300. The SMILES string of the molecule is CC[CH]CCc1cc(C)c(C2=CC=CC=CN2)c2c(-c3c(NC)cc(NC)cc3NC)sc(C)c12. The van der Waals surface area contributed by atoms with Crippen molar-refractivity contribution < 1.29 is 0 Å². The lowest BCUT2D eigenvalue weighted by atomic mass is 9.89. The Morgan fingerprint density at radius 2 is 1.63 bits per heavy atom. The Labute approximate surface area is 214 Å². The summed E-state index contributed by atoms with van der Waals surface area (Å²) >= 11 is 1.90.